The van der Waals surface area contributed by atoms with E-state index in [9.17, 15) is 4.79 Å². The van der Waals surface area contributed by atoms with Crippen molar-refractivity contribution in [1.82, 2.24) is 9.78 Å². The molecule has 4 nitrogen and oxygen atoms in total. The van der Waals surface area contributed by atoms with Gasteiger partial charge in [-0.05, 0) is 49.9 Å². The van der Waals surface area contributed by atoms with Crippen molar-refractivity contribution < 1.29 is 4.79 Å². The number of anilines is 1. The third-order valence-electron chi connectivity index (χ3n) is 4.08. The number of carbonyl (C=O) groups excluding carboxylic acids is 1. The van der Waals surface area contributed by atoms with Gasteiger partial charge in [0, 0.05) is 17.3 Å². The van der Waals surface area contributed by atoms with Gasteiger partial charge in [0.1, 0.15) is 0 Å². The Kier molecular flexibility index (Phi) is 3.53. The Labute approximate surface area is 125 Å². The van der Waals surface area contributed by atoms with E-state index >= 15 is 0 Å². The molecule has 0 aliphatic heterocycles. The van der Waals surface area contributed by atoms with Crippen LogP contribution < -0.4 is 5.32 Å². The van der Waals surface area contributed by atoms with Gasteiger partial charge in [-0.2, -0.15) is 5.10 Å². The number of nitrogens with zero attached hydrogens (tertiary/aromatic N) is 2. The standard InChI is InChI=1S/C17H21N3O/c1-11-7-16(11)17(21)18-15-6-4-5-14(9-15)10-20-13(3)8-12(2)19-20/h4-6,8-9,11,16H,7,10H2,1-3H3,(H,18,21)/t11-,16-/m0/s1. The number of rotatable bonds is 4. The quantitative estimate of drug-likeness (QED) is 0.937. The summed E-state index contributed by atoms with van der Waals surface area (Å²) in [5.74, 6) is 0.873. The van der Waals surface area contributed by atoms with Gasteiger partial charge in [-0.1, -0.05) is 19.1 Å². The summed E-state index contributed by atoms with van der Waals surface area (Å²) in [4.78, 5) is 12.0. The highest BCUT2D eigenvalue weighted by Crippen LogP contribution is 2.38. The molecule has 0 spiro atoms. The smallest absolute Gasteiger partial charge is 0.227 e. The zero-order valence-corrected chi connectivity index (χ0v) is 12.8. The minimum absolute atomic E-state index is 0.144. The molecule has 110 valence electrons. The van der Waals surface area contributed by atoms with Gasteiger partial charge in [-0.25, -0.2) is 0 Å². The summed E-state index contributed by atoms with van der Waals surface area (Å²) in [5, 5.41) is 7.49. The van der Waals surface area contributed by atoms with Gasteiger partial charge in [0.15, 0.2) is 0 Å². The van der Waals surface area contributed by atoms with Crippen LogP contribution in [0, 0.1) is 25.7 Å². The first-order valence-corrected chi connectivity index (χ1v) is 7.44. The van der Waals surface area contributed by atoms with E-state index in [1.807, 2.05) is 29.8 Å². The van der Waals surface area contributed by atoms with E-state index in [-0.39, 0.29) is 11.8 Å². The van der Waals surface area contributed by atoms with E-state index in [1.54, 1.807) is 0 Å². The molecule has 1 aromatic heterocycles. The van der Waals surface area contributed by atoms with Crippen molar-refractivity contribution in [3.05, 3.63) is 47.3 Å². The number of carbonyl (C=O) groups is 1. The van der Waals surface area contributed by atoms with Crippen LogP contribution in [0.15, 0.2) is 30.3 Å². The zero-order valence-electron chi connectivity index (χ0n) is 12.8. The molecule has 1 aromatic carbocycles. The van der Waals surface area contributed by atoms with Crippen LogP contribution in [0.4, 0.5) is 5.69 Å². The molecule has 0 bridgehead atoms. The second-order valence-corrected chi connectivity index (χ2v) is 6.09. The fourth-order valence-corrected chi connectivity index (χ4v) is 2.68. The number of hydrogen-bond donors (Lipinski definition) is 1. The first-order chi connectivity index (χ1) is 10.0. The van der Waals surface area contributed by atoms with Crippen LogP contribution in [0.25, 0.3) is 0 Å². The summed E-state index contributed by atoms with van der Waals surface area (Å²) in [6.45, 7) is 6.89. The lowest BCUT2D eigenvalue weighted by atomic mass is 10.2. The molecular formula is C17H21N3O. The lowest BCUT2D eigenvalue weighted by Gasteiger charge is -2.08. The molecule has 0 unspecified atom stereocenters. The van der Waals surface area contributed by atoms with Crippen LogP contribution in [-0.4, -0.2) is 15.7 Å². The van der Waals surface area contributed by atoms with Crippen LogP contribution >= 0.6 is 0 Å². The van der Waals surface area contributed by atoms with E-state index < -0.39 is 0 Å². The van der Waals surface area contributed by atoms with E-state index in [0.717, 1.165) is 35.6 Å². The SMILES string of the molecule is Cc1cc(C)n(Cc2cccc(NC(=O)[C@H]3C[C@@H]3C)c2)n1. The number of amides is 1. The maximum absolute atomic E-state index is 12.0. The van der Waals surface area contributed by atoms with E-state index in [1.165, 1.54) is 0 Å². The Morgan fingerprint density at radius 3 is 2.76 bits per heavy atom. The lowest BCUT2D eigenvalue weighted by molar-refractivity contribution is -0.117. The van der Waals surface area contributed by atoms with Gasteiger partial charge in [0.25, 0.3) is 0 Å². The van der Waals surface area contributed by atoms with E-state index in [4.69, 9.17) is 0 Å². The molecule has 3 rings (SSSR count). The Morgan fingerprint density at radius 1 is 1.38 bits per heavy atom. The van der Waals surface area contributed by atoms with Crippen LogP contribution in [0.5, 0.6) is 0 Å². The topological polar surface area (TPSA) is 46.9 Å². The van der Waals surface area contributed by atoms with Crippen molar-refractivity contribution in [2.75, 3.05) is 5.32 Å². The largest absolute Gasteiger partial charge is 0.326 e. The third-order valence-corrected chi connectivity index (χ3v) is 4.08. The van der Waals surface area contributed by atoms with Crippen molar-refractivity contribution in [3.8, 4) is 0 Å². The lowest BCUT2D eigenvalue weighted by Crippen LogP contribution is -2.14. The molecule has 1 fully saturated rings. The maximum Gasteiger partial charge on any atom is 0.227 e. The summed E-state index contributed by atoms with van der Waals surface area (Å²) >= 11 is 0. The molecule has 1 aliphatic carbocycles. The molecular weight excluding hydrogens is 262 g/mol. The first kappa shape index (κ1) is 13.9. The maximum atomic E-state index is 12.0. The molecule has 1 saturated carbocycles. The minimum Gasteiger partial charge on any atom is -0.326 e. The minimum atomic E-state index is 0.144. The number of aryl methyl sites for hydroxylation is 2. The van der Waals surface area contributed by atoms with Crippen molar-refractivity contribution in [1.29, 1.82) is 0 Å². The summed E-state index contributed by atoms with van der Waals surface area (Å²) in [5.41, 5.74) is 4.19. The first-order valence-electron chi connectivity index (χ1n) is 7.44. The highest BCUT2D eigenvalue weighted by Gasteiger charge is 2.39. The zero-order chi connectivity index (χ0) is 15.0. The Bertz CT molecular complexity index is 674. The third kappa shape index (κ3) is 3.15. The van der Waals surface area contributed by atoms with Crippen molar-refractivity contribution in [3.63, 3.8) is 0 Å². The molecule has 1 aliphatic rings. The van der Waals surface area contributed by atoms with Gasteiger partial charge in [0.05, 0.1) is 12.2 Å². The van der Waals surface area contributed by atoms with Gasteiger partial charge >= 0.3 is 0 Å². The highest BCUT2D eigenvalue weighted by atomic mass is 16.2. The number of benzene rings is 1. The molecule has 1 heterocycles. The Balaban J connectivity index is 1.71. The number of aromatic nitrogens is 2. The number of hydrogen-bond acceptors (Lipinski definition) is 2. The second-order valence-electron chi connectivity index (χ2n) is 6.09. The predicted molar refractivity (Wildman–Crippen MR) is 83.1 cm³/mol. The average molecular weight is 283 g/mol. The van der Waals surface area contributed by atoms with Crippen molar-refractivity contribution in [2.45, 2.75) is 33.7 Å². The monoisotopic (exact) mass is 283 g/mol. The summed E-state index contributed by atoms with van der Waals surface area (Å²) in [6.07, 6.45) is 1.01. The Morgan fingerprint density at radius 2 is 2.14 bits per heavy atom. The molecule has 2 atom stereocenters. The van der Waals surface area contributed by atoms with E-state index in [2.05, 4.69) is 36.4 Å². The molecule has 0 radical (unpaired) electrons. The Hall–Kier alpha value is -2.10. The van der Waals surface area contributed by atoms with Crippen molar-refractivity contribution in [2.24, 2.45) is 11.8 Å². The van der Waals surface area contributed by atoms with Crippen molar-refractivity contribution >= 4 is 11.6 Å². The molecule has 4 heteroatoms. The van der Waals surface area contributed by atoms with Gasteiger partial charge in [0.2, 0.25) is 5.91 Å². The van der Waals surface area contributed by atoms with Crippen LogP contribution in [0.2, 0.25) is 0 Å². The van der Waals surface area contributed by atoms with Gasteiger partial charge in [-0.3, -0.25) is 9.48 Å². The fourth-order valence-electron chi connectivity index (χ4n) is 2.68. The van der Waals surface area contributed by atoms with Crippen LogP contribution in [0.1, 0.15) is 30.3 Å². The van der Waals surface area contributed by atoms with Gasteiger partial charge < -0.3 is 5.32 Å². The second kappa shape index (κ2) is 5.35. The molecule has 1 amide bonds. The summed E-state index contributed by atoms with van der Waals surface area (Å²) in [6, 6.07) is 10.1. The highest BCUT2D eigenvalue weighted by molar-refractivity contribution is 5.94. The summed E-state index contributed by atoms with van der Waals surface area (Å²) in [7, 11) is 0. The summed E-state index contributed by atoms with van der Waals surface area (Å²) < 4.78 is 1.99. The van der Waals surface area contributed by atoms with Crippen LogP contribution in [0.3, 0.4) is 0 Å². The molecule has 0 saturated heterocycles. The predicted octanol–water partition coefficient (Wildman–Crippen LogP) is 3.14. The molecule has 1 N–H and O–H groups in total. The van der Waals surface area contributed by atoms with Gasteiger partial charge in [-0.15, -0.1) is 0 Å². The molecule has 21 heavy (non-hydrogen) atoms. The normalized spacial score (nSPS) is 20.3. The number of nitrogens with one attached hydrogen (secondary N) is 1. The fraction of sp³-hybridized carbons (Fsp3) is 0.412. The van der Waals surface area contributed by atoms with Crippen LogP contribution in [-0.2, 0) is 11.3 Å². The van der Waals surface area contributed by atoms with E-state index in [0.29, 0.717) is 5.92 Å². The average Bonchev–Trinajstić information content (AvgIpc) is 3.07. The molecule has 2 aromatic rings.